The van der Waals surface area contributed by atoms with Crippen LogP contribution in [0.15, 0.2) is 33.8 Å². The van der Waals surface area contributed by atoms with Gasteiger partial charge < -0.3 is 0 Å². The minimum absolute atomic E-state index is 0.840. The van der Waals surface area contributed by atoms with Gasteiger partial charge in [0.15, 0.2) is 0 Å². The first-order chi connectivity index (χ1) is 6.34. The number of hydrogen-bond donors (Lipinski definition) is 0. The van der Waals surface area contributed by atoms with Crippen molar-refractivity contribution in [3.05, 3.63) is 45.1 Å². The highest BCUT2D eigenvalue weighted by atomic mass is 79.9. The van der Waals surface area contributed by atoms with Crippen molar-refractivity contribution >= 4 is 27.3 Å². The van der Waals surface area contributed by atoms with Gasteiger partial charge in [-0.2, -0.15) is 11.3 Å². The summed E-state index contributed by atoms with van der Waals surface area (Å²) in [6.07, 6.45) is 2.45. The first-order valence-electron chi connectivity index (χ1n) is 3.82. The highest BCUT2D eigenvalue weighted by Gasteiger charge is 1.98. The van der Waals surface area contributed by atoms with Crippen molar-refractivity contribution in [1.29, 1.82) is 0 Å². The lowest BCUT2D eigenvalue weighted by molar-refractivity contribution is 1.02. The van der Waals surface area contributed by atoms with E-state index in [2.05, 4.69) is 42.7 Å². The van der Waals surface area contributed by atoms with Crippen LogP contribution >= 0.6 is 27.3 Å². The van der Waals surface area contributed by atoms with Crippen molar-refractivity contribution in [1.82, 2.24) is 9.97 Å². The van der Waals surface area contributed by atoms with Crippen LogP contribution in [0.25, 0.3) is 0 Å². The molecule has 0 aliphatic heterocycles. The average Bonchev–Trinajstić information content (AvgIpc) is 2.57. The van der Waals surface area contributed by atoms with Crippen LogP contribution in [0.2, 0.25) is 0 Å². The predicted molar refractivity (Wildman–Crippen MR) is 56.9 cm³/mol. The van der Waals surface area contributed by atoms with Gasteiger partial charge in [0, 0.05) is 12.1 Å². The van der Waals surface area contributed by atoms with Crippen LogP contribution in [-0.2, 0) is 6.42 Å². The van der Waals surface area contributed by atoms with Crippen molar-refractivity contribution in [2.24, 2.45) is 0 Å². The molecule has 0 fully saturated rings. The third-order valence-electron chi connectivity index (χ3n) is 1.66. The molecule has 0 saturated heterocycles. The molecule has 13 heavy (non-hydrogen) atoms. The number of thiophene rings is 1. The van der Waals surface area contributed by atoms with Crippen molar-refractivity contribution in [2.45, 2.75) is 6.42 Å². The number of nitrogens with zero attached hydrogens (tertiary/aromatic N) is 2. The average molecular weight is 255 g/mol. The normalized spacial score (nSPS) is 10.2. The number of hydrogen-bond acceptors (Lipinski definition) is 3. The molecule has 2 nitrogen and oxygen atoms in total. The fourth-order valence-corrected chi connectivity index (χ4v) is 2.09. The molecule has 0 aliphatic carbocycles. The molecule has 0 N–H and O–H groups in total. The highest BCUT2D eigenvalue weighted by Crippen LogP contribution is 2.12. The first-order valence-corrected chi connectivity index (χ1v) is 5.55. The molecule has 2 rings (SSSR count). The SMILES string of the molecule is Brc1cc(Cc2ccsc2)ncn1. The van der Waals surface area contributed by atoms with Crippen molar-refractivity contribution in [2.75, 3.05) is 0 Å². The van der Waals surface area contributed by atoms with Gasteiger partial charge in [-0.25, -0.2) is 9.97 Å². The van der Waals surface area contributed by atoms with E-state index in [1.165, 1.54) is 5.56 Å². The zero-order valence-corrected chi connectivity index (χ0v) is 9.18. The molecule has 2 heterocycles. The third kappa shape index (κ3) is 2.35. The van der Waals surface area contributed by atoms with Gasteiger partial charge in [-0.1, -0.05) is 0 Å². The number of rotatable bonds is 2. The van der Waals surface area contributed by atoms with Crippen molar-refractivity contribution in [3.63, 3.8) is 0 Å². The van der Waals surface area contributed by atoms with E-state index in [0.29, 0.717) is 0 Å². The minimum atomic E-state index is 0.840. The van der Waals surface area contributed by atoms with Crippen LogP contribution in [0.4, 0.5) is 0 Å². The molecule has 0 saturated carbocycles. The Kier molecular flexibility index (Phi) is 2.71. The van der Waals surface area contributed by atoms with Crippen molar-refractivity contribution < 1.29 is 0 Å². The summed E-state index contributed by atoms with van der Waals surface area (Å²) in [7, 11) is 0. The Hall–Kier alpha value is -0.740. The lowest BCUT2D eigenvalue weighted by atomic mass is 10.2. The Morgan fingerprint density at radius 2 is 2.31 bits per heavy atom. The van der Waals surface area contributed by atoms with Gasteiger partial charge in [0.25, 0.3) is 0 Å². The number of aromatic nitrogens is 2. The summed E-state index contributed by atoms with van der Waals surface area (Å²) in [5, 5.41) is 4.21. The standard InChI is InChI=1S/C9H7BrN2S/c10-9-4-8(11-6-12-9)3-7-1-2-13-5-7/h1-2,4-6H,3H2. The van der Waals surface area contributed by atoms with Gasteiger partial charge in [-0.15, -0.1) is 0 Å². The highest BCUT2D eigenvalue weighted by molar-refractivity contribution is 9.10. The quantitative estimate of drug-likeness (QED) is 0.771. The molecule has 66 valence electrons. The van der Waals surface area contributed by atoms with Crippen LogP contribution in [0.5, 0.6) is 0 Å². The van der Waals surface area contributed by atoms with E-state index in [1.54, 1.807) is 17.7 Å². The van der Waals surface area contributed by atoms with Gasteiger partial charge in [-0.3, -0.25) is 0 Å². The van der Waals surface area contributed by atoms with Gasteiger partial charge in [0.05, 0.1) is 0 Å². The topological polar surface area (TPSA) is 25.8 Å². The maximum atomic E-state index is 4.18. The second-order valence-corrected chi connectivity index (χ2v) is 4.23. The number of halogens is 1. The molecule has 2 aromatic heterocycles. The van der Waals surface area contributed by atoms with E-state index in [4.69, 9.17) is 0 Å². The summed E-state index contributed by atoms with van der Waals surface area (Å²) >= 11 is 5.03. The summed E-state index contributed by atoms with van der Waals surface area (Å²) < 4.78 is 0.840. The summed E-state index contributed by atoms with van der Waals surface area (Å²) in [6.45, 7) is 0. The first kappa shape index (κ1) is 8.84. The van der Waals surface area contributed by atoms with Crippen LogP contribution in [0.1, 0.15) is 11.3 Å². The molecule has 0 bridgehead atoms. The predicted octanol–water partition coefficient (Wildman–Crippen LogP) is 2.89. The molecular weight excluding hydrogens is 248 g/mol. The third-order valence-corrected chi connectivity index (χ3v) is 2.82. The molecule has 0 spiro atoms. The van der Waals surface area contributed by atoms with Gasteiger partial charge >= 0.3 is 0 Å². The molecule has 0 atom stereocenters. The van der Waals surface area contributed by atoms with E-state index >= 15 is 0 Å². The molecule has 0 aromatic carbocycles. The van der Waals surface area contributed by atoms with Crippen molar-refractivity contribution in [3.8, 4) is 0 Å². The lowest BCUT2D eigenvalue weighted by Gasteiger charge is -1.97. The summed E-state index contributed by atoms with van der Waals surface area (Å²) in [5.74, 6) is 0. The van der Waals surface area contributed by atoms with E-state index in [0.717, 1.165) is 16.7 Å². The minimum Gasteiger partial charge on any atom is -0.241 e. The maximum Gasteiger partial charge on any atom is 0.116 e. The fourth-order valence-electron chi connectivity index (χ4n) is 1.07. The molecule has 0 unspecified atom stereocenters. The monoisotopic (exact) mass is 254 g/mol. The molecule has 2 aromatic rings. The van der Waals surface area contributed by atoms with E-state index in [-0.39, 0.29) is 0 Å². The molecule has 0 amide bonds. The second-order valence-electron chi connectivity index (χ2n) is 2.64. The summed E-state index contributed by atoms with van der Waals surface area (Å²) in [5.41, 5.74) is 2.34. The smallest absolute Gasteiger partial charge is 0.116 e. The Balaban J connectivity index is 2.19. The maximum absolute atomic E-state index is 4.18. The fraction of sp³-hybridized carbons (Fsp3) is 0.111. The zero-order valence-electron chi connectivity index (χ0n) is 6.77. The van der Waals surface area contributed by atoms with Gasteiger partial charge in [-0.05, 0) is 44.4 Å². The summed E-state index contributed by atoms with van der Waals surface area (Å²) in [4.78, 5) is 8.16. The largest absolute Gasteiger partial charge is 0.241 e. The van der Waals surface area contributed by atoms with Crippen LogP contribution in [-0.4, -0.2) is 9.97 Å². The molecule has 4 heteroatoms. The summed E-state index contributed by atoms with van der Waals surface area (Å²) in [6, 6.07) is 4.05. The van der Waals surface area contributed by atoms with Crippen LogP contribution in [0.3, 0.4) is 0 Å². The molecule has 0 radical (unpaired) electrons. The Bertz CT molecular complexity index is 386. The van der Waals surface area contributed by atoms with Crippen LogP contribution in [0, 0.1) is 0 Å². The van der Waals surface area contributed by atoms with Crippen LogP contribution < -0.4 is 0 Å². The Morgan fingerprint density at radius 1 is 1.38 bits per heavy atom. The van der Waals surface area contributed by atoms with E-state index in [9.17, 15) is 0 Å². The lowest BCUT2D eigenvalue weighted by Crippen LogP contribution is -1.91. The molecular formula is C9H7BrN2S. The van der Waals surface area contributed by atoms with Gasteiger partial charge in [0.1, 0.15) is 10.9 Å². The second kappa shape index (κ2) is 3.98. The van der Waals surface area contributed by atoms with E-state index in [1.807, 2.05) is 6.07 Å². The van der Waals surface area contributed by atoms with Gasteiger partial charge in [0.2, 0.25) is 0 Å². The zero-order chi connectivity index (χ0) is 9.10. The Labute approximate surface area is 88.8 Å². The Morgan fingerprint density at radius 3 is 3.00 bits per heavy atom. The molecule has 0 aliphatic rings. The van der Waals surface area contributed by atoms with E-state index < -0.39 is 0 Å².